The minimum atomic E-state index is -0.653. The fourth-order valence-corrected chi connectivity index (χ4v) is 1.88. The van der Waals surface area contributed by atoms with Crippen molar-refractivity contribution in [2.75, 3.05) is 31.3 Å². The Kier molecular flexibility index (Phi) is 5.68. The van der Waals surface area contributed by atoms with E-state index in [4.69, 9.17) is 9.36 Å². The van der Waals surface area contributed by atoms with Gasteiger partial charge in [0, 0.05) is 19.3 Å². The van der Waals surface area contributed by atoms with Crippen LogP contribution in [0.25, 0.3) is 0 Å². The fourth-order valence-electron chi connectivity index (χ4n) is 1.88. The number of aryl methyl sites for hydroxylation is 1. The van der Waals surface area contributed by atoms with E-state index in [1.54, 1.807) is 26.2 Å². The maximum atomic E-state index is 11.8. The number of amides is 2. The second-order valence-corrected chi connectivity index (χ2v) is 5.00. The molecule has 0 aliphatic carbocycles. The fraction of sp³-hybridized carbons (Fsp3) is 0.462. The molecular formula is C13H20N6O4. The number of hydrogen-bond donors (Lipinski definition) is 3. The minimum absolute atomic E-state index is 0.277. The quantitative estimate of drug-likeness (QED) is 0.641. The summed E-state index contributed by atoms with van der Waals surface area (Å²) < 4.78 is 6.39. The molecule has 10 nitrogen and oxygen atoms in total. The Hall–Kier alpha value is -2.43. The first-order valence-electron chi connectivity index (χ1n) is 6.93. The highest BCUT2D eigenvalue weighted by Gasteiger charge is 2.11. The largest absolute Gasteiger partial charge is 0.390 e. The summed E-state index contributed by atoms with van der Waals surface area (Å²) >= 11 is 0. The Morgan fingerprint density at radius 1 is 1.57 bits per heavy atom. The first-order chi connectivity index (χ1) is 11.0. The monoisotopic (exact) mass is 324 g/mol. The molecule has 2 aromatic rings. The lowest BCUT2D eigenvalue weighted by molar-refractivity contribution is -0.129. The molecule has 0 saturated heterocycles. The van der Waals surface area contributed by atoms with Crippen LogP contribution in [0, 0.1) is 6.92 Å². The SMILES string of the molecule is CON(C)C[C@H](O)Cn1cc(NC(=O)Nc2cc(C)on2)cn1. The number of aromatic nitrogens is 3. The van der Waals surface area contributed by atoms with Crippen molar-refractivity contribution in [2.24, 2.45) is 0 Å². The molecule has 0 aliphatic heterocycles. The number of anilines is 2. The Balaban J connectivity index is 1.83. The third kappa shape index (κ3) is 5.36. The zero-order valence-electron chi connectivity index (χ0n) is 13.2. The first-order valence-corrected chi connectivity index (χ1v) is 6.93. The van der Waals surface area contributed by atoms with Gasteiger partial charge in [0.1, 0.15) is 5.76 Å². The minimum Gasteiger partial charge on any atom is -0.390 e. The molecular weight excluding hydrogens is 304 g/mol. The van der Waals surface area contributed by atoms with Crippen LogP contribution < -0.4 is 10.6 Å². The summed E-state index contributed by atoms with van der Waals surface area (Å²) in [6.07, 6.45) is 2.45. The maximum absolute atomic E-state index is 11.8. The van der Waals surface area contributed by atoms with Gasteiger partial charge in [-0.15, -0.1) is 0 Å². The maximum Gasteiger partial charge on any atom is 0.325 e. The van der Waals surface area contributed by atoms with Crippen molar-refractivity contribution in [2.45, 2.75) is 19.6 Å². The number of nitrogens with zero attached hydrogens (tertiary/aromatic N) is 4. The topological polar surface area (TPSA) is 118 Å². The number of carbonyl (C=O) groups is 1. The molecule has 0 aromatic carbocycles. The molecule has 0 unspecified atom stereocenters. The predicted molar refractivity (Wildman–Crippen MR) is 81.8 cm³/mol. The lowest BCUT2D eigenvalue weighted by Gasteiger charge is -2.17. The van der Waals surface area contributed by atoms with Gasteiger partial charge in [0.25, 0.3) is 0 Å². The molecule has 3 N–H and O–H groups in total. The molecule has 2 heterocycles. The summed E-state index contributed by atoms with van der Waals surface area (Å²) in [4.78, 5) is 16.7. The molecule has 126 valence electrons. The van der Waals surface area contributed by atoms with Crippen LogP contribution in [0.4, 0.5) is 16.3 Å². The van der Waals surface area contributed by atoms with Gasteiger partial charge < -0.3 is 19.8 Å². The summed E-state index contributed by atoms with van der Waals surface area (Å²) in [6.45, 7) is 2.34. The lowest BCUT2D eigenvalue weighted by Crippen LogP contribution is -2.31. The van der Waals surface area contributed by atoms with Gasteiger partial charge in [-0.3, -0.25) is 10.00 Å². The first kappa shape index (κ1) is 16.9. The molecule has 2 amide bonds. The second kappa shape index (κ2) is 7.72. The van der Waals surface area contributed by atoms with E-state index in [0.717, 1.165) is 0 Å². The van der Waals surface area contributed by atoms with Gasteiger partial charge in [0.15, 0.2) is 5.82 Å². The predicted octanol–water partition coefficient (Wildman–Crippen LogP) is 0.678. The van der Waals surface area contributed by atoms with Crippen LogP contribution in [0.3, 0.4) is 0 Å². The van der Waals surface area contributed by atoms with Crippen molar-refractivity contribution in [3.63, 3.8) is 0 Å². The standard InChI is InChI=1S/C13H20N6O4/c1-9-4-12(17-23-9)16-13(21)15-10-5-14-19(6-10)8-11(20)7-18(2)22-3/h4-6,11,20H,7-8H2,1-3H3,(H2,15,16,17,21)/t11-/m0/s1. The van der Waals surface area contributed by atoms with Crippen molar-refractivity contribution >= 4 is 17.5 Å². The van der Waals surface area contributed by atoms with Gasteiger partial charge in [-0.25, -0.2) is 4.79 Å². The highest BCUT2D eigenvalue weighted by molar-refractivity contribution is 5.98. The second-order valence-electron chi connectivity index (χ2n) is 5.00. The number of rotatable bonds is 7. The highest BCUT2D eigenvalue weighted by Crippen LogP contribution is 2.09. The smallest absolute Gasteiger partial charge is 0.325 e. The van der Waals surface area contributed by atoms with Crippen molar-refractivity contribution in [3.05, 3.63) is 24.2 Å². The van der Waals surface area contributed by atoms with Gasteiger partial charge in [-0.2, -0.15) is 10.2 Å². The van der Waals surface area contributed by atoms with Crippen LogP contribution in [-0.2, 0) is 11.4 Å². The molecule has 1 atom stereocenters. The van der Waals surface area contributed by atoms with E-state index >= 15 is 0 Å². The molecule has 0 bridgehead atoms. The van der Waals surface area contributed by atoms with E-state index in [9.17, 15) is 9.90 Å². The van der Waals surface area contributed by atoms with Gasteiger partial charge >= 0.3 is 6.03 Å². The molecule has 10 heteroatoms. The van der Waals surface area contributed by atoms with Crippen molar-refractivity contribution in [3.8, 4) is 0 Å². The van der Waals surface area contributed by atoms with Gasteiger partial charge in [-0.05, 0) is 6.92 Å². The number of urea groups is 1. The van der Waals surface area contributed by atoms with Crippen LogP contribution in [0.1, 0.15) is 5.76 Å². The summed E-state index contributed by atoms with van der Waals surface area (Å²) in [7, 11) is 3.24. The average molecular weight is 324 g/mol. The molecule has 0 spiro atoms. The molecule has 0 fully saturated rings. The summed E-state index contributed by atoms with van der Waals surface area (Å²) in [5, 5.41) is 24.3. The van der Waals surface area contributed by atoms with E-state index in [0.29, 0.717) is 23.8 Å². The Bertz CT molecular complexity index is 640. The number of aliphatic hydroxyl groups is 1. The average Bonchev–Trinajstić information content (AvgIpc) is 3.07. The van der Waals surface area contributed by atoms with Gasteiger partial charge in [0.05, 0.1) is 38.2 Å². The molecule has 0 aliphatic rings. The normalized spacial score (nSPS) is 12.4. The van der Waals surface area contributed by atoms with Crippen LogP contribution in [0.15, 0.2) is 23.0 Å². The van der Waals surface area contributed by atoms with Crippen LogP contribution in [-0.4, -0.2) is 57.9 Å². The van der Waals surface area contributed by atoms with Crippen LogP contribution in [0.5, 0.6) is 0 Å². The van der Waals surface area contributed by atoms with E-state index in [-0.39, 0.29) is 6.54 Å². The summed E-state index contributed by atoms with van der Waals surface area (Å²) in [5.74, 6) is 0.925. The number of aliphatic hydroxyl groups excluding tert-OH is 1. The van der Waals surface area contributed by atoms with E-state index in [1.165, 1.54) is 23.1 Å². The Morgan fingerprint density at radius 2 is 2.35 bits per heavy atom. The Labute approximate surface area is 132 Å². The number of nitrogens with one attached hydrogen (secondary N) is 2. The van der Waals surface area contributed by atoms with Crippen LogP contribution in [0.2, 0.25) is 0 Å². The summed E-state index contributed by atoms with van der Waals surface area (Å²) in [6, 6.07) is 1.14. The highest BCUT2D eigenvalue weighted by atomic mass is 16.7. The molecule has 23 heavy (non-hydrogen) atoms. The number of hydrogen-bond acceptors (Lipinski definition) is 7. The zero-order chi connectivity index (χ0) is 16.8. The zero-order valence-corrected chi connectivity index (χ0v) is 13.2. The molecule has 2 aromatic heterocycles. The molecule has 2 rings (SSSR count). The van der Waals surface area contributed by atoms with Crippen molar-refractivity contribution < 1.29 is 19.3 Å². The van der Waals surface area contributed by atoms with E-state index in [2.05, 4.69) is 20.9 Å². The third-order valence-corrected chi connectivity index (χ3v) is 2.94. The number of carbonyl (C=O) groups excluding carboxylic acids is 1. The van der Waals surface area contributed by atoms with Gasteiger partial charge in [0.2, 0.25) is 0 Å². The Morgan fingerprint density at radius 3 is 3.00 bits per heavy atom. The van der Waals surface area contributed by atoms with E-state index < -0.39 is 12.1 Å². The summed E-state index contributed by atoms with van der Waals surface area (Å²) in [5.41, 5.74) is 0.495. The van der Waals surface area contributed by atoms with Crippen LogP contribution >= 0.6 is 0 Å². The number of likely N-dealkylation sites (N-methyl/N-ethyl adjacent to an activating group) is 1. The molecule has 0 saturated carbocycles. The van der Waals surface area contributed by atoms with Crippen molar-refractivity contribution in [1.29, 1.82) is 0 Å². The van der Waals surface area contributed by atoms with E-state index in [1.807, 2.05) is 0 Å². The van der Waals surface area contributed by atoms with Gasteiger partial charge in [-0.1, -0.05) is 5.16 Å². The number of hydroxylamine groups is 2. The molecule has 0 radical (unpaired) electrons. The lowest BCUT2D eigenvalue weighted by atomic mass is 10.3. The third-order valence-electron chi connectivity index (χ3n) is 2.94. The van der Waals surface area contributed by atoms with Crippen molar-refractivity contribution in [1.82, 2.24) is 20.0 Å².